The Labute approximate surface area is 235 Å². The van der Waals surface area contributed by atoms with Crippen molar-refractivity contribution in [2.24, 2.45) is 0 Å². The highest BCUT2D eigenvalue weighted by atomic mass is 35.5. The minimum Gasteiger partial charge on any atom is -0.497 e. The summed E-state index contributed by atoms with van der Waals surface area (Å²) in [6, 6.07) is 20.4. The normalized spacial score (nSPS) is 12.1. The summed E-state index contributed by atoms with van der Waals surface area (Å²) in [6.07, 6.45) is 0.319. The van der Waals surface area contributed by atoms with Crippen molar-refractivity contribution in [2.45, 2.75) is 50.7 Å². The van der Waals surface area contributed by atoms with E-state index in [2.05, 4.69) is 5.32 Å². The van der Waals surface area contributed by atoms with Gasteiger partial charge < -0.3 is 15.0 Å². The van der Waals surface area contributed by atoms with Gasteiger partial charge in [0, 0.05) is 23.7 Å². The molecule has 0 aliphatic carbocycles. The number of hydrogen-bond donors (Lipinski definition) is 1. The molecule has 0 aliphatic heterocycles. The number of halogens is 1. The van der Waals surface area contributed by atoms with E-state index in [1.807, 2.05) is 13.8 Å². The summed E-state index contributed by atoms with van der Waals surface area (Å²) in [5.41, 5.74) is 0.895. The number of ether oxygens (including phenoxy) is 1. The van der Waals surface area contributed by atoms with Crippen LogP contribution in [0, 0.1) is 0 Å². The molecule has 0 fully saturated rings. The van der Waals surface area contributed by atoms with E-state index in [4.69, 9.17) is 16.3 Å². The first kappa shape index (κ1) is 30.0. The Morgan fingerprint density at radius 3 is 2.26 bits per heavy atom. The molecule has 39 heavy (non-hydrogen) atoms. The van der Waals surface area contributed by atoms with Crippen LogP contribution in [-0.4, -0.2) is 50.9 Å². The number of anilines is 1. The summed E-state index contributed by atoms with van der Waals surface area (Å²) in [5, 5.41) is 3.31. The van der Waals surface area contributed by atoms with E-state index in [1.165, 1.54) is 24.1 Å². The average molecular weight is 572 g/mol. The van der Waals surface area contributed by atoms with E-state index in [9.17, 15) is 18.0 Å². The van der Waals surface area contributed by atoms with Crippen LogP contribution in [0.15, 0.2) is 83.8 Å². The number of hydrogen-bond acceptors (Lipinski definition) is 5. The number of carbonyl (C=O) groups is 2. The topological polar surface area (TPSA) is 96.0 Å². The largest absolute Gasteiger partial charge is 0.497 e. The molecule has 208 valence electrons. The van der Waals surface area contributed by atoms with Crippen molar-refractivity contribution in [1.29, 1.82) is 0 Å². The van der Waals surface area contributed by atoms with Crippen LogP contribution >= 0.6 is 11.6 Å². The number of amides is 2. The van der Waals surface area contributed by atoms with Crippen LogP contribution in [0.5, 0.6) is 5.75 Å². The molecular formula is C29H34ClN3O5S. The number of carbonyl (C=O) groups excluding carboxylic acids is 2. The van der Waals surface area contributed by atoms with Crippen molar-refractivity contribution in [3.8, 4) is 5.75 Å². The molecular weight excluding hydrogens is 538 g/mol. The molecule has 0 saturated carbocycles. The molecule has 2 amide bonds. The van der Waals surface area contributed by atoms with Crippen molar-refractivity contribution in [2.75, 3.05) is 18.0 Å². The van der Waals surface area contributed by atoms with Gasteiger partial charge in [-0.15, -0.1) is 0 Å². The lowest BCUT2D eigenvalue weighted by atomic mass is 10.1. The summed E-state index contributed by atoms with van der Waals surface area (Å²) in [7, 11) is -2.68. The van der Waals surface area contributed by atoms with Crippen molar-refractivity contribution in [3.63, 3.8) is 0 Å². The van der Waals surface area contributed by atoms with Crippen molar-refractivity contribution in [3.05, 3.63) is 89.4 Å². The minimum atomic E-state index is -4.16. The van der Waals surface area contributed by atoms with Gasteiger partial charge in [0.05, 0.1) is 17.7 Å². The quantitative estimate of drug-likeness (QED) is 0.334. The second-order valence-corrected chi connectivity index (χ2v) is 11.5. The first-order chi connectivity index (χ1) is 18.6. The maximum Gasteiger partial charge on any atom is 0.264 e. The summed E-state index contributed by atoms with van der Waals surface area (Å²) < 4.78 is 34.0. The number of benzene rings is 3. The van der Waals surface area contributed by atoms with Gasteiger partial charge in [-0.2, -0.15) is 0 Å². The molecule has 1 N–H and O–H groups in total. The molecule has 10 heteroatoms. The van der Waals surface area contributed by atoms with Gasteiger partial charge in [0.25, 0.3) is 10.0 Å². The highest BCUT2D eigenvalue weighted by Crippen LogP contribution is 2.28. The molecule has 0 radical (unpaired) electrons. The van der Waals surface area contributed by atoms with E-state index >= 15 is 0 Å². The Morgan fingerprint density at radius 1 is 0.974 bits per heavy atom. The Kier molecular flexibility index (Phi) is 10.4. The highest BCUT2D eigenvalue weighted by Gasteiger charge is 2.34. The van der Waals surface area contributed by atoms with Gasteiger partial charge in [0.15, 0.2) is 0 Å². The summed E-state index contributed by atoms with van der Waals surface area (Å²) in [6.45, 7) is 4.96. The predicted molar refractivity (Wildman–Crippen MR) is 153 cm³/mol. The van der Waals surface area contributed by atoms with Gasteiger partial charge in [-0.1, -0.05) is 61.0 Å². The van der Waals surface area contributed by atoms with Gasteiger partial charge in [-0.25, -0.2) is 8.42 Å². The fourth-order valence-corrected chi connectivity index (χ4v) is 5.75. The lowest BCUT2D eigenvalue weighted by Gasteiger charge is -2.33. The summed E-state index contributed by atoms with van der Waals surface area (Å²) in [5.74, 6) is -0.446. The molecule has 0 aliphatic rings. The number of rotatable bonds is 12. The smallest absolute Gasteiger partial charge is 0.264 e. The maximum atomic E-state index is 14.0. The van der Waals surface area contributed by atoms with Gasteiger partial charge in [0.1, 0.15) is 18.3 Å². The molecule has 3 aromatic rings. The molecule has 3 rings (SSSR count). The summed E-state index contributed by atoms with van der Waals surface area (Å²) in [4.78, 5) is 28.6. The van der Waals surface area contributed by atoms with Crippen LogP contribution in [0.1, 0.15) is 32.8 Å². The number of nitrogens with zero attached hydrogens (tertiary/aromatic N) is 2. The van der Waals surface area contributed by atoms with Crippen molar-refractivity contribution in [1.82, 2.24) is 10.2 Å². The molecule has 0 saturated heterocycles. The maximum absolute atomic E-state index is 14.0. The van der Waals surface area contributed by atoms with Crippen molar-refractivity contribution >= 4 is 39.1 Å². The number of sulfonamides is 1. The zero-order chi connectivity index (χ0) is 28.6. The SMILES string of the molecule is CC[C@@H](C(=O)NC(C)C)N(Cc1ccccc1Cl)C(=O)CN(c1cccc(OC)c1)S(=O)(=O)c1ccccc1. The lowest BCUT2D eigenvalue weighted by molar-refractivity contribution is -0.140. The van der Waals surface area contributed by atoms with Crippen LogP contribution in [0.3, 0.4) is 0 Å². The van der Waals surface area contributed by atoms with E-state index in [0.717, 1.165) is 4.31 Å². The van der Waals surface area contributed by atoms with E-state index in [-0.39, 0.29) is 29.1 Å². The van der Waals surface area contributed by atoms with E-state index in [1.54, 1.807) is 73.7 Å². The van der Waals surface area contributed by atoms with Gasteiger partial charge in [-0.05, 0) is 56.2 Å². The van der Waals surface area contributed by atoms with Crippen molar-refractivity contribution < 1.29 is 22.7 Å². The Hall–Kier alpha value is -3.56. The third-order valence-electron chi connectivity index (χ3n) is 6.07. The zero-order valence-corrected chi connectivity index (χ0v) is 24.1. The Balaban J connectivity index is 2.08. The lowest BCUT2D eigenvalue weighted by Crippen LogP contribution is -2.53. The van der Waals surface area contributed by atoms with Crippen LogP contribution < -0.4 is 14.4 Å². The molecule has 0 spiro atoms. The molecule has 0 aromatic heterocycles. The zero-order valence-electron chi connectivity index (χ0n) is 22.5. The minimum absolute atomic E-state index is 0.0276. The third kappa shape index (κ3) is 7.52. The third-order valence-corrected chi connectivity index (χ3v) is 8.22. The monoisotopic (exact) mass is 571 g/mol. The Bertz CT molecular complexity index is 1380. The molecule has 1 atom stereocenters. The second-order valence-electron chi connectivity index (χ2n) is 9.23. The molecule has 0 unspecified atom stereocenters. The number of nitrogens with one attached hydrogen (secondary N) is 1. The first-order valence-electron chi connectivity index (χ1n) is 12.6. The number of methoxy groups -OCH3 is 1. The second kappa shape index (κ2) is 13.5. The van der Waals surface area contributed by atoms with E-state index in [0.29, 0.717) is 22.8 Å². The highest BCUT2D eigenvalue weighted by molar-refractivity contribution is 7.92. The van der Waals surface area contributed by atoms with Crippen LogP contribution in [0.25, 0.3) is 0 Å². The fraction of sp³-hybridized carbons (Fsp3) is 0.310. The van der Waals surface area contributed by atoms with Gasteiger partial charge in [0.2, 0.25) is 11.8 Å². The summed E-state index contributed by atoms with van der Waals surface area (Å²) >= 11 is 6.41. The molecule has 0 bridgehead atoms. The van der Waals surface area contributed by atoms with E-state index < -0.39 is 28.5 Å². The van der Waals surface area contributed by atoms with Crippen LogP contribution in [0.4, 0.5) is 5.69 Å². The molecule has 8 nitrogen and oxygen atoms in total. The first-order valence-corrected chi connectivity index (χ1v) is 14.4. The van der Waals surface area contributed by atoms with Crippen LogP contribution in [0.2, 0.25) is 5.02 Å². The van der Waals surface area contributed by atoms with Gasteiger partial charge in [-0.3, -0.25) is 13.9 Å². The molecule has 3 aromatic carbocycles. The Morgan fingerprint density at radius 2 is 1.64 bits per heavy atom. The standard InChI is InChI=1S/C29H34ClN3O5S/c1-5-27(29(35)31-21(2)3)32(19-22-12-9-10-17-26(22)30)28(34)20-33(23-13-11-14-24(18-23)38-4)39(36,37)25-15-7-6-8-16-25/h6-18,21,27H,5,19-20H2,1-4H3,(H,31,35)/t27-/m0/s1. The predicted octanol–water partition coefficient (Wildman–Crippen LogP) is 4.88. The van der Waals surface area contributed by atoms with Gasteiger partial charge >= 0.3 is 0 Å². The molecule has 0 heterocycles. The fourth-order valence-electron chi connectivity index (χ4n) is 4.12. The average Bonchev–Trinajstić information content (AvgIpc) is 2.92. The van der Waals surface area contributed by atoms with Crippen LogP contribution in [-0.2, 0) is 26.2 Å².